The molecule has 0 spiro atoms. The van der Waals surface area contributed by atoms with E-state index in [0.717, 1.165) is 21.8 Å². The van der Waals surface area contributed by atoms with Gasteiger partial charge in [-0.05, 0) is 59.2 Å². The van der Waals surface area contributed by atoms with Gasteiger partial charge in [-0.25, -0.2) is 9.78 Å². The minimum atomic E-state index is -1.16. The maximum atomic E-state index is 13.6. The SMILES string of the molecule is CCOC(=O)C(C)(C)n1c(C)nc2sc(C)c(-c3ccc(OCC)cc3)c2c1=O. The lowest BCUT2D eigenvalue weighted by Gasteiger charge is -2.26. The molecule has 29 heavy (non-hydrogen) atoms. The quantitative estimate of drug-likeness (QED) is 0.558. The van der Waals surface area contributed by atoms with Crippen LogP contribution in [0.15, 0.2) is 29.1 Å². The third-order valence-corrected chi connectivity index (χ3v) is 5.86. The van der Waals surface area contributed by atoms with Crippen LogP contribution in [0.25, 0.3) is 21.3 Å². The van der Waals surface area contributed by atoms with Crippen molar-refractivity contribution >= 4 is 27.5 Å². The summed E-state index contributed by atoms with van der Waals surface area (Å²) in [5, 5.41) is 0.527. The molecule has 0 fully saturated rings. The van der Waals surface area contributed by atoms with Crippen molar-refractivity contribution in [3.8, 4) is 16.9 Å². The highest BCUT2D eigenvalue weighted by atomic mass is 32.1. The fraction of sp³-hybridized carbons (Fsp3) is 0.409. The van der Waals surface area contributed by atoms with E-state index < -0.39 is 11.5 Å². The molecule has 3 aromatic rings. The summed E-state index contributed by atoms with van der Waals surface area (Å²) < 4.78 is 12.2. The van der Waals surface area contributed by atoms with Gasteiger partial charge < -0.3 is 9.47 Å². The van der Waals surface area contributed by atoms with Crippen LogP contribution >= 0.6 is 11.3 Å². The molecule has 2 aromatic heterocycles. The van der Waals surface area contributed by atoms with Crippen LogP contribution in [0.2, 0.25) is 0 Å². The number of aryl methyl sites for hydroxylation is 2. The van der Waals surface area contributed by atoms with Crippen molar-refractivity contribution < 1.29 is 14.3 Å². The number of hydrogen-bond acceptors (Lipinski definition) is 6. The van der Waals surface area contributed by atoms with E-state index in [0.29, 0.717) is 22.6 Å². The van der Waals surface area contributed by atoms with Crippen LogP contribution in [0.4, 0.5) is 0 Å². The Balaban J connectivity index is 2.25. The minimum absolute atomic E-state index is 0.237. The largest absolute Gasteiger partial charge is 0.494 e. The summed E-state index contributed by atoms with van der Waals surface area (Å²) in [6, 6.07) is 7.67. The minimum Gasteiger partial charge on any atom is -0.494 e. The number of hydrogen-bond donors (Lipinski definition) is 0. The normalized spacial score (nSPS) is 11.7. The number of esters is 1. The van der Waals surface area contributed by atoms with Crippen LogP contribution in [-0.2, 0) is 15.1 Å². The van der Waals surface area contributed by atoms with Gasteiger partial charge in [-0.1, -0.05) is 12.1 Å². The van der Waals surface area contributed by atoms with Gasteiger partial charge >= 0.3 is 5.97 Å². The maximum Gasteiger partial charge on any atom is 0.331 e. The number of thiophene rings is 1. The summed E-state index contributed by atoms with van der Waals surface area (Å²) in [7, 11) is 0. The summed E-state index contributed by atoms with van der Waals surface area (Å²) in [6.45, 7) is 11.6. The number of fused-ring (bicyclic) bond motifs is 1. The van der Waals surface area contributed by atoms with Gasteiger partial charge in [-0.15, -0.1) is 11.3 Å². The Morgan fingerprint density at radius 2 is 1.79 bits per heavy atom. The first-order chi connectivity index (χ1) is 13.7. The highest BCUT2D eigenvalue weighted by Crippen LogP contribution is 2.37. The Morgan fingerprint density at radius 3 is 2.38 bits per heavy atom. The van der Waals surface area contributed by atoms with E-state index in [1.54, 1.807) is 27.7 Å². The van der Waals surface area contributed by atoms with Crippen molar-refractivity contribution in [1.82, 2.24) is 9.55 Å². The first kappa shape index (κ1) is 21.0. The average molecular weight is 415 g/mol. The van der Waals surface area contributed by atoms with E-state index in [9.17, 15) is 9.59 Å². The van der Waals surface area contributed by atoms with Gasteiger partial charge in [0.25, 0.3) is 5.56 Å². The Hall–Kier alpha value is -2.67. The van der Waals surface area contributed by atoms with E-state index in [2.05, 4.69) is 4.98 Å². The first-order valence-corrected chi connectivity index (χ1v) is 10.5. The van der Waals surface area contributed by atoms with Gasteiger partial charge in [0.2, 0.25) is 0 Å². The molecule has 0 saturated carbocycles. The Kier molecular flexibility index (Phi) is 5.80. The topological polar surface area (TPSA) is 70.4 Å². The van der Waals surface area contributed by atoms with Gasteiger partial charge in [-0.3, -0.25) is 9.36 Å². The van der Waals surface area contributed by atoms with Crippen LogP contribution in [-0.4, -0.2) is 28.7 Å². The van der Waals surface area contributed by atoms with Crippen LogP contribution < -0.4 is 10.3 Å². The summed E-state index contributed by atoms with van der Waals surface area (Å²) in [5.74, 6) is 0.809. The molecular formula is C22H26N2O4S. The fourth-order valence-corrected chi connectivity index (χ4v) is 4.63. The van der Waals surface area contributed by atoms with Crippen molar-refractivity contribution in [2.45, 2.75) is 47.1 Å². The van der Waals surface area contributed by atoms with Gasteiger partial charge in [0.1, 0.15) is 21.9 Å². The predicted molar refractivity (Wildman–Crippen MR) is 116 cm³/mol. The number of carbonyl (C=O) groups excluding carboxylic acids is 1. The molecule has 1 aromatic carbocycles. The standard InChI is InChI=1S/C22H26N2O4S/c1-7-27-16-11-9-15(10-12-16)17-13(3)29-19-18(17)20(25)24(14(4)23-19)22(5,6)21(26)28-8-2/h9-12H,7-8H2,1-6H3. The molecule has 0 amide bonds. The van der Waals surface area contributed by atoms with Crippen LogP contribution in [0.5, 0.6) is 5.75 Å². The zero-order chi connectivity index (χ0) is 21.3. The highest BCUT2D eigenvalue weighted by Gasteiger charge is 2.35. The predicted octanol–water partition coefficient (Wildman–Crippen LogP) is 4.44. The van der Waals surface area contributed by atoms with Gasteiger partial charge in [-0.2, -0.15) is 0 Å². The molecule has 154 valence electrons. The van der Waals surface area contributed by atoms with Crippen molar-refractivity contribution in [3.63, 3.8) is 0 Å². The third kappa shape index (κ3) is 3.67. The third-order valence-electron chi connectivity index (χ3n) is 4.86. The highest BCUT2D eigenvalue weighted by molar-refractivity contribution is 7.19. The monoisotopic (exact) mass is 414 g/mol. The summed E-state index contributed by atoms with van der Waals surface area (Å²) >= 11 is 1.48. The van der Waals surface area contributed by atoms with E-state index >= 15 is 0 Å². The summed E-state index contributed by atoms with van der Waals surface area (Å²) in [5.41, 5.74) is 0.364. The van der Waals surface area contributed by atoms with E-state index in [1.165, 1.54) is 15.9 Å². The molecule has 0 atom stereocenters. The van der Waals surface area contributed by atoms with Crippen molar-refractivity contribution in [1.29, 1.82) is 0 Å². The van der Waals surface area contributed by atoms with Gasteiger partial charge in [0.15, 0.2) is 0 Å². The maximum absolute atomic E-state index is 13.6. The number of rotatable bonds is 6. The molecule has 0 saturated heterocycles. The van der Waals surface area contributed by atoms with Gasteiger partial charge in [0.05, 0.1) is 18.6 Å². The molecule has 0 unspecified atom stereocenters. The average Bonchev–Trinajstić information content (AvgIpc) is 2.98. The van der Waals surface area contributed by atoms with E-state index in [1.807, 2.05) is 38.1 Å². The van der Waals surface area contributed by atoms with Crippen molar-refractivity contribution in [2.24, 2.45) is 0 Å². The molecule has 2 heterocycles. The molecule has 7 heteroatoms. The lowest BCUT2D eigenvalue weighted by molar-refractivity contribution is -0.152. The first-order valence-electron chi connectivity index (χ1n) is 9.66. The van der Waals surface area contributed by atoms with E-state index in [4.69, 9.17) is 9.47 Å². The Labute approximate surface area is 174 Å². The number of carbonyl (C=O) groups is 1. The molecule has 0 N–H and O–H groups in total. The van der Waals surface area contributed by atoms with E-state index in [-0.39, 0.29) is 12.2 Å². The number of nitrogens with zero attached hydrogens (tertiary/aromatic N) is 2. The summed E-state index contributed by atoms with van der Waals surface area (Å²) in [6.07, 6.45) is 0. The Morgan fingerprint density at radius 1 is 1.14 bits per heavy atom. The number of aromatic nitrogens is 2. The second-order valence-electron chi connectivity index (χ2n) is 7.25. The molecule has 0 aliphatic carbocycles. The van der Waals surface area contributed by atoms with Crippen LogP contribution in [0.1, 0.15) is 38.4 Å². The number of ether oxygens (including phenoxy) is 2. The van der Waals surface area contributed by atoms with Gasteiger partial charge in [0, 0.05) is 10.4 Å². The van der Waals surface area contributed by atoms with Crippen molar-refractivity contribution in [3.05, 3.63) is 45.3 Å². The van der Waals surface area contributed by atoms with Crippen LogP contribution in [0, 0.1) is 13.8 Å². The second kappa shape index (κ2) is 7.99. The fourth-order valence-electron chi connectivity index (χ4n) is 3.55. The number of benzene rings is 1. The molecule has 6 nitrogen and oxygen atoms in total. The lowest BCUT2D eigenvalue weighted by atomic mass is 10.0. The molecule has 0 radical (unpaired) electrons. The molecule has 3 rings (SSSR count). The van der Waals surface area contributed by atoms with Crippen molar-refractivity contribution in [2.75, 3.05) is 13.2 Å². The van der Waals surface area contributed by atoms with Crippen LogP contribution in [0.3, 0.4) is 0 Å². The molecule has 0 aliphatic heterocycles. The Bertz CT molecular complexity index is 1110. The second-order valence-corrected chi connectivity index (χ2v) is 8.45. The lowest BCUT2D eigenvalue weighted by Crippen LogP contribution is -2.45. The zero-order valence-corrected chi connectivity index (χ0v) is 18.5. The molecule has 0 bridgehead atoms. The molecular weight excluding hydrogens is 388 g/mol. The molecule has 0 aliphatic rings. The zero-order valence-electron chi connectivity index (χ0n) is 17.7. The summed E-state index contributed by atoms with van der Waals surface area (Å²) in [4.78, 5) is 32.4. The smallest absolute Gasteiger partial charge is 0.331 e.